The molecule has 3 rings (SSSR count). The average Bonchev–Trinajstić information content (AvgIpc) is 2.38. The molecule has 3 heteroatoms. The van der Waals surface area contributed by atoms with E-state index >= 15 is 0 Å². The molecule has 0 atom stereocenters. The zero-order valence-corrected chi connectivity index (χ0v) is 11.7. The maximum Gasteiger partial charge on any atom is 0.129 e. The number of nitrogens with zero attached hydrogens (tertiary/aromatic N) is 2. The highest BCUT2D eigenvalue weighted by atomic mass is 15.2. The summed E-state index contributed by atoms with van der Waals surface area (Å²) in [4.78, 5) is 7.15. The number of benzene rings is 1. The maximum atomic E-state index is 5.80. The van der Waals surface area contributed by atoms with E-state index in [1.807, 2.05) is 18.2 Å². The molecule has 1 saturated heterocycles. The van der Waals surface area contributed by atoms with E-state index in [0.717, 1.165) is 35.5 Å². The Hall–Kier alpha value is -1.77. The van der Waals surface area contributed by atoms with Crippen molar-refractivity contribution >= 4 is 22.4 Å². The normalized spacial score (nSPS) is 18.7. The molecule has 0 radical (unpaired) electrons. The van der Waals surface area contributed by atoms with Crippen LogP contribution < -0.4 is 10.6 Å². The van der Waals surface area contributed by atoms with Crippen molar-refractivity contribution in [1.82, 2.24) is 4.98 Å². The molecule has 1 aliphatic rings. The number of fused-ring (bicyclic) bond motifs is 1. The highest BCUT2D eigenvalue weighted by molar-refractivity contribution is 5.83. The van der Waals surface area contributed by atoms with Crippen molar-refractivity contribution in [2.45, 2.75) is 26.7 Å². The van der Waals surface area contributed by atoms with Gasteiger partial charge in [-0.15, -0.1) is 0 Å². The van der Waals surface area contributed by atoms with Crippen LogP contribution in [0.5, 0.6) is 0 Å². The van der Waals surface area contributed by atoms with E-state index in [9.17, 15) is 0 Å². The van der Waals surface area contributed by atoms with Crippen LogP contribution in [0.4, 0.5) is 11.5 Å². The topological polar surface area (TPSA) is 42.1 Å². The van der Waals surface area contributed by atoms with Crippen molar-refractivity contribution in [3.63, 3.8) is 0 Å². The molecular weight excluding hydrogens is 234 g/mol. The van der Waals surface area contributed by atoms with E-state index in [1.54, 1.807) is 0 Å². The number of anilines is 2. The van der Waals surface area contributed by atoms with Gasteiger partial charge in [-0.1, -0.05) is 13.8 Å². The molecular formula is C16H21N3. The van der Waals surface area contributed by atoms with Crippen molar-refractivity contribution in [1.29, 1.82) is 0 Å². The van der Waals surface area contributed by atoms with Crippen LogP contribution in [-0.2, 0) is 0 Å². The number of piperidine rings is 1. The van der Waals surface area contributed by atoms with Crippen molar-refractivity contribution in [2.75, 3.05) is 23.7 Å². The SMILES string of the molecule is CC1(C)CCN(c2ccc3cc(N)ccc3n2)CC1. The monoisotopic (exact) mass is 255 g/mol. The molecule has 0 saturated carbocycles. The lowest BCUT2D eigenvalue weighted by Gasteiger charge is -2.37. The second-order valence-electron chi connectivity index (χ2n) is 6.27. The summed E-state index contributed by atoms with van der Waals surface area (Å²) in [6.07, 6.45) is 2.46. The Morgan fingerprint density at radius 1 is 1.11 bits per heavy atom. The molecule has 0 aliphatic carbocycles. The predicted molar refractivity (Wildman–Crippen MR) is 81.4 cm³/mol. The van der Waals surface area contributed by atoms with Gasteiger partial charge in [-0.05, 0) is 48.6 Å². The van der Waals surface area contributed by atoms with Crippen molar-refractivity contribution < 1.29 is 0 Å². The smallest absolute Gasteiger partial charge is 0.129 e. The van der Waals surface area contributed by atoms with Crippen LogP contribution in [0.2, 0.25) is 0 Å². The number of nitrogens with two attached hydrogens (primary N) is 1. The van der Waals surface area contributed by atoms with Gasteiger partial charge in [0.25, 0.3) is 0 Å². The Kier molecular flexibility index (Phi) is 2.85. The van der Waals surface area contributed by atoms with Crippen LogP contribution in [0.15, 0.2) is 30.3 Å². The van der Waals surface area contributed by atoms with Crippen molar-refractivity contribution in [3.8, 4) is 0 Å². The third kappa shape index (κ3) is 2.50. The Morgan fingerprint density at radius 2 is 1.84 bits per heavy atom. The van der Waals surface area contributed by atoms with Crippen LogP contribution in [0, 0.1) is 5.41 Å². The van der Waals surface area contributed by atoms with E-state index in [2.05, 4.69) is 30.9 Å². The molecule has 0 bridgehead atoms. The van der Waals surface area contributed by atoms with Crippen molar-refractivity contribution in [3.05, 3.63) is 30.3 Å². The number of hydrogen-bond acceptors (Lipinski definition) is 3. The first-order valence-electron chi connectivity index (χ1n) is 6.95. The molecule has 1 aromatic heterocycles. The molecule has 0 unspecified atom stereocenters. The van der Waals surface area contributed by atoms with Gasteiger partial charge in [0.2, 0.25) is 0 Å². The summed E-state index contributed by atoms with van der Waals surface area (Å²) >= 11 is 0. The maximum absolute atomic E-state index is 5.80. The lowest BCUT2D eigenvalue weighted by Crippen LogP contribution is -2.37. The van der Waals surface area contributed by atoms with Gasteiger partial charge in [-0.3, -0.25) is 0 Å². The zero-order valence-electron chi connectivity index (χ0n) is 11.7. The molecule has 0 spiro atoms. The summed E-state index contributed by atoms with van der Waals surface area (Å²) in [6, 6.07) is 10.1. The molecule has 100 valence electrons. The summed E-state index contributed by atoms with van der Waals surface area (Å²) < 4.78 is 0. The quantitative estimate of drug-likeness (QED) is 0.794. The Balaban J connectivity index is 1.88. The van der Waals surface area contributed by atoms with E-state index in [-0.39, 0.29) is 0 Å². The lowest BCUT2D eigenvalue weighted by molar-refractivity contribution is 0.279. The summed E-state index contributed by atoms with van der Waals surface area (Å²) in [6.45, 7) is 6.89. The minimum absolute atomic E-state index is 0.474. The number of aromatic nitrogens is 1. The van der Waals surface area contributed by atoms with Crippen LogP contribution in [0.3, 0.4) is 0 Å². The molecule has 1 aromatic carbocycles. The van der Waals surface area contributed by atoms with Gasteiger partial charge in [0.1, 0.15) is 5.82 Å². The predicted octanol–water partition coefficient (Wildman–Crippen LogP) is 3.44. The highest BCUT2D eigenvalue weighted by Gasteiger charge is 2.25. The molecule has 1 fully saturated rings. The molecule has 2 heterocycles. The molecule has 19 heavy (non-hydrogen) atoms. The standard InChI is InChI=1S/C16H21N3/c1-16(2)7-9-19(10-8-16)15-6-3-12-11-13(17)4-5-14(12)18-15/h3-6,11H,7-10,17H2,1-2H3. The van der Waals surface area contributed by atoms with E-state index < -0.39 is 0 Å². The van der Waals surface area contributed by atoms with E-state index in [0.29, 0.717) is 5.41 Å². The third-order valence-corrected chi connectivity index (χ3v) is 4.14. The Bertz CT molecular complexity index is 594. The summed E-state index contributed by atoms with van der Waals surface area (Å²) in [5.41, 5.74) is 8.09. The lowest BCUT2D eigenvalue weighted by atomic mass is 9.83. The second-order valence-corrected chi connectivity index (χ2v) is 6.27. The Morgan fingerprint density at radius 3 is 2.58 bits per heavy atom. The van der Waals surface area contributed by atoms with Gasteiger partial charge in [0.05, 0.1) is 5.52 Å². The average molecular weight is 255 g/mol. The summed E-state index contributed by atoms with van der Waals surface area (Å²) in [7, 11) is 0. The molecule has 0 amide bonds. The second kappa shape index (κ2) is 4.41. The van der Waals surface area contributed by atoms with E-state index in [4.69, 9.17) is 10.7 Å². The molecule has 3 nitrogen and oxygen atoms in total. The van der Waals surface area contributed by atoms with Gasteiger partial charge in [0.15, 0.2) is 0 Å². The zero-order chi connectivity index (χ0) is 13.5. The fourth-order valence-electron chi connectivity index (χ4n) is 2.65. The van der Waals surface area contributed by atoms with Gasteiger partial charge < -0.3 is 10.6 Å². The molecule has 2 aromatic rings. The summed E-state index contributed by atoms with van der Waals surface area (Å²) in [5, 5.41) is 1.11. The van der Waals surface area contributed by atoms with Gasteiger partial charge in [-0.2, -0.15) is 0 Å². The number of rotatable bonds is 1. The van der Waals surface area contributed by atoms with Gasteiger partial charge in [0, 0.05) is 24.2 Å². The minimum Gasteiger partial charge on any atom is -0.399 e. The number of pyridine rings is 1. The third-order valence-electron chi connectivity index (χ3n) is 4.14. The first kappa shape index (κ1) is 12.3. The summed E-state index contributed by atoms with van der Waals surface area (Å²) in [5.74, 6) is 1.09. The highest BCUT2D eigenvalue weighted by Crippen LogP contribution is 2.32. The first-order chi connectivity index (χ1) is 9.03. The van der Waals surface area contributed by atoms with Crippen LogP contribution in [-0.4, -0.2) is 18.1 Å². The number of hydrogen-bond donors (Lipinski definition) is 1. The fourth-order valence-corrected chi connectivity index (χ4v) is 2.65. The van der Waals surface area contributed by atoms with Crippen molar-refractivity contribution in [2.24, 2.45) is 5.41 Å². The minimum atomic E-state index is 0.474. The molecule has 1 aliphatic heterocycles. The van der Waals surface area contributed by atoms with Crippen LogP contribution in [0.25, 0.3) is 10.9 Å². The van der Waals surface area contributed by atoms with Gasteiger partial charge in [-0.25, -0.2) is 4.98 Å². The fraction of sp³-hybridized carbons (Fsp3) is 0.438. The van der Waals surface area contributed by atoms with Gasteiger partial charge >= 0.3 is 0 Å². The van der Waals surface area contributed by atoms with Crippen LogP contribution in [0.1, 0.15) is 26.7 Å². The Labute approximate surface area is 114 Å². The van der Waals surface area contributed by atoms with Crippen LogP contribution >= 0.6 is 0 Å². The van der Waals surface area contributed by atoms with E-state index in [1.165, 1.54) is 12.8 Å². The molecule has 2 N–H and O–H groups in total. The largest absolute Gasteiger partial charge is 0.399 e. The number of nitrogen functional groups attached to an aromatic ring is 1. The first-order valence-corrected chi connectivity index (χ1v) is 6.95.